The Kier molecular flexibility index (Phi) is 10.2. The maximum atomic E-state index is 5.74. The molecule has 2 aromatic rings. The molecule has 0 bridgehead atoms. The Bertz CT molecular complexity index is 845. The molecular weight excluding hydrogens is 390 g/mol. The van der Waals surface area contributed by atoms with Gasteiger partial charge >= 0.3 is 0 Å². The second kappa shape index (κ2) is 12.9. The number of hydrogen-bond donors (Lipinski definition) is 2. The van der Waals surface area contributed by atoms with Crippen molar-refractivity contribution in [2.24, 2.45) is 12.0 Å². The standard InChI is InChI=1S/C24H39N5O2/c1-7-20-19(21(8-2)29(6)28-20)17-27-24(25-9-3)26-15-14-18-12-13-22(30-10-4)23(16-18)31-11-5/h12-13,16H,7-11,14-15,17H2,1-6H3,(H2,25,26,27). The highest BCUT2D eigenvalue weighted by atomic mass is 16.5. The number of aliphatic imine (C=N–C) groups is 1. The summed E-state index contributed by atoms with van der Waals surface area (Å²) in [6.45, 7) is 13.8. The van der Waals surface area contributed by atoms with Gasteiger partial charge in [-0.25, -0.2) is 4.99 Å². The zero-order valence-electron chi connectivity index (χ0n) is 20.0. The van der Waals surface area contributed by atoms with Gasteiger partial charge in [0, 0.05) is 31.4 Å². The van der Waals surface area contributed by atoms with Crippen LogP contribution in [0.3, 0.4) is 0 Å². The van der Waals surface area contributed by atoms with E-state index < -0.39 is 0 Å². The first kappa shape index (κ1) is 24.6. The van der Waals surface area contributed by atoms with Crippen LogP contribution in [0.25, 0.3) is 0 Å². The fourth-order valence-electron chi connectivity index (χ4n) is 3.65. The van der Waals surface area contributed by atoms with Gasteiger partial charge in [0.25, 0.3) is 0 Å². The van der Waals surface area contributed by atoms with Crippen molar-refractivity contribution < 1.29 is 9.47 Å². The molecule has 0 aliphatic heterocycles. The van der Waals surface area contributed by atoms with E-state index in [0.717, 1.165) is 55.5 Å². The highest BCUT2D eigenvalue weighted by molar-refractivity contribution is 5.79. The largest absolute Gasteiger partial charge is 0.490 e. The molecule has 31 heavy (non-hydrogen) atoms. The molecule has 0 saturated heterocycles. The van der Waals surface area contributed by atoms with E-state index in [1.807, 2.05) is 31.6 Å². The molecule has 7 nitrogen and oxygen atoms in total. The quantitative estimate of drug-likeness (QED) is 0.398. The van der Waals surface area contributed by atoms with Crippen molar-refractivity contribution in [3.63, 3.8) is 0 Å². The summed E-state index contributed by atoms with van der Waals surface area (Å²) in [7, 11) is 2.02. The Morgan fingerprint density at radius 1 is 1.00 bits per heavy atom. The van der Waals surface area contributed by atoms with Crippen molar-refractivity contribution in [3.05, 3.63) is 40.7 Å². The molecule has 0 amide bonds. The Morgan fingerprint density at radius 2 is 1.74 bits per heavy atom. The number of aryl methyl sites for hydroxylation is 2. The van der Waals surface area contributed by atoms with Crippen LogP contribution >= 0.6 is 0 Å². The van der Waals surface area contributed by atoms with Gasteiger partial charge in [0.2, 0.25) is 0 Å². The van der Waals surface area contributed by atoms with Crippen LogP contribution in [0.1, 0.15) is 57.1 Å². The molecule has 7 heteroatoms. The Balaban J connectivity index is 2.04. The second-order valence-electron chi connectivity index (χ2n) is 7.22. The molecule has 172 valence electrons. The third-order valence-corrected chi connectivity index (χ3v) is 5.08. The van der Waals surface area contributed by atoms with Crippen LogP contribution in [0, 0.1) is 0 Å². The molecule has 0 radical (unpaired) electrons. The van der Waals surface area contributed by atoms with Gasteiger partial charge < -0.3 is 20.1 Å². The highest BCUT2D eigenvalue weighted by Gasteiger charge is 2.13. The summed E-state index contributed by atoms with van der Waals surface area (Å²) in [5.41, 5.74) is 4.84. The van der Waals surface area contributed by atoms with Crippen molar-refractivity contribution in [2.75, 3.05) is 26.3 Å². The van der Waals surface area contributed by atoms with Crippen molar-refractivity contribution in [3.8, 4) is 11.5 Å². The van der Waals surface area contributed by atoms with Gasteiger partial charge in [-0.2, -0.15) is 5.10 Å². The lowest BCUT2D eigenvalue weighted by Gasteiger charge is -2.14. The smallest absolute Gasteiger partial charge is 0.191 e. The lowest BCUT2D eigenvalue weighted by molar-refractivity contribution is 0.287. The molecule has 0 saturated carbocycles. The van der Waals surface area contributed by atoms with Crippen molar-refractivity contribution in [2.45, 2.75) is 60.4 Å². The number of benzene rings is 1. The van der Waals surface area contributed by atoms with E-state index in [4.69, 9.17) is 14.5 Å². The predicted octanol–water partition coefficient (Wildman–Crippen LogP) is 3.64. The van der Waals surface area contributed by atoms with Gasteiger partial charge in [-0.15, -0.1) is 0 Å². The van der Waals surface area contributed by atoms with Crippen LogP contribution < -0.4 is 20.1 Å². The van der Waals surface area contributed by atoms with E-state index in [2.05, 4.69) is 48.6 Å². The fraction of sp³-hybridized carbons (Fsp3) is 0.583. The first-order chi connectivity index (χ1) is 15.1. The van der Waals surface area contributed by atoms with Crippen molar-refractivity contribution in [1.29, 1.82) is 0 Å². The SMILES string of the molecule is CCNC(=NCc1c(CC)nn(C)c1CC)NCCc1ccc(OCC)c(OCC)c1. The van der Waals surface area contributed by atoms with Gasteiger partial charge in [-0.3, -0.25) is 4.68 Å². The normalized spacial score (nSPS) is 11.5. The molecule has 0 aliphatic carbocycles. The topological polar surface area (TPSA) is 72.7 Å². The van der Waals surface area contributed by atoms with E-state index >= 15 is 0 Å². The molecule has 2 rings (SSSR count). The zero-order valence-corrected chi connectivity index (χ0v) is 20.0. The van der Waals surface area contributed by atoms with Gasteiger partial charge in [-0.05, 0) is 57.7 Å². The summed E-state index contributed by atoms with van der Waals surface area (Å²) in [6, 6.07) is 6.15. The second-order valence-corrected chi connectivity index (χ2v) is 7.22. The number of hydrogen-bond acceptors (Lipinski definition) is 4. The molecule has 0 atom stereocenters. The summed E-state index contributed by atoms with van der Waals surface area (Å²) in [5.74, 6) is 2.43. The molecule has 2 N–H and O–H groups in total. The minimum absolute atomic E-state index is 0.618. The average molecular weight is 430 g/mol. The van der Waals surface area contributed by atoms with Crippen LogP contribution in [0.2, 0.25) is 0 Å². The van der Waals surface area contributed by atoms with E-state index in [0.29, 0.717) is 19.8 Å². The number of rotatable bonds is 12. The first-order valence-corrected chi connectivity index (χ1v) is 11.5. The van der Waals surface area contributed by atoms with Crippen LogP contribution in [0.4, 0.5) is 0 Å². The molecule has 0 spiro atoms. The van der Waals surface area contributed by atoms with Crippen LogP contribution in [0.15, 0.2) is 23.2 Å². The first-order valence-electron chi connectivity index (χ1n) is 11.5. The van der Waals surface area contributed by atoms with Gasteiger partial charge in [0.1, 0.15) is 0 Å². The van der Waals surface area contributed by atoms with E-state index in [-0.39, 0.29) is 0 Å². The maximum absolute atomic E-state index is 5.74. The number of guanidine groups is 1. The zero-order chi connectivity index (χ0) is 22.6. The Hall–Kier alpha value is -2.70. The molecule has 1 aromatic heterocycles. The number of ether oxygens (including phenoxy) is 2. The Morgan fingerprint density at radius 3 is 2.39 bits per heavy atom. The Labute approximate surface area is 187 Å². The summed E-state index contributed by atoms with van der Waals surface area (Å²) >= 11 is 0. The highest BCUT2D eigenvalue weighted by Crippen LogP contribution is 2.28. The van der Waals surface area contributed by atoms with Crippen LogP contribution in [-0.2, 0) is 32.9 Å². The van der Waals surface area contributed by atoms with Crippen LogP contribution in [-0.4, -0.2) is 42.0 Å². The summed E-state index contributed by atoms with van der Waals surface area (Å²) in [6.07, 6.45) is 2.74. The molecule has 0 unspecified atom stereocenters. The average Bonchev–Trinajstić information content (AvgIpc) is 3.08. The van der Waals surface area contributed by atoms with Gasteiger partial charge in [0.15, 0.2) is 17.5 Å². The number of nitrogens with zero attached hydrogens (tertiary/aromatic N) is 3. The number of aromatic nitrogens is 2. The summed E-state index contributed by atoms with van der Waals surface area (Å²) < 4.78 is 13.4. The van der Waals surface area contributed by atoms with E-state index in [1.165, 1.54) is 16.8 Å². The molecule has 1 heterocycles. The van der Waals surface area contributed by atoms with E-state index in [9.17, 15) is 0 Å². The lowest BCUT2D eigenvalue weighted by Crippen LogP contribution is -2.38. The minimum Gasteiger partial charge on any atom is -0.490 e. The van der Waals surface area contributed by atoms with Crippen molar-refractivity contribution >= 4 is 5.96 Å². The summed E-state index contributed by atoms with van der Waals surface area (Å²) in [4.78, 5) is 4.83. The monoisotopic (exact) mass is 429 g/mol. The van der Waals surface area contributed by atoms with Crippen LogP contribution in [0.5, 0.6) is 11.5 Å². The predicted molar refractivity (Wildman–Crippen MR) is 127 cm³/mol. The molecular formula is C24H39N5O2. The molecule has 0 fully saturated rings. The van der Waals surface area contributed by atoms with E-state index in [1.54, 1.807) is 0 Å². The third kappa shape index (κ3) is 6.91. The third-order valence-electron chi connectivity index (χ3n) is 5.08. The number of nitrogens with one attached hydrogen (secondary N) is 2. The molecule has 1 aromatic carbocycles. The maximum Gasteiger partial charge on any atom is 0.191 e. The van der Waals surface area contributed by atoms with Gasteiger partial charge in [0.05, 0.1) is 25.5 Å². The lowest BCUT2D eigenvalue weighted by atomic mass is 10.1. The summed E-state index contributed by atoms with van der Waals surface area (Å²) in [5, 5.41) is 11.5. The van der Waals surface area contributed by atoms with Crippen molar-refractivity contribution in [1.82, 2.24) is 20.4 Å². The van der Waals surface area contributed by atoms with Gasteiger partial charge in [-0.1, -0.05) is 19.9 Å². The fourth-order valence-corrected chi connectivity index (χ4v) is 3.65. The minimum atomic E-state index is 0.618. The molecule has 0 aliphatic rings.